The number of benzene rings is 2. The summed E-state index contributed by atoms with van der Waals surface area (Å²) in [6, 6.07) is 12.7. The van der Waals surface area contributed by atoms with Gasteiger partial charge in [-0.05, 0) is 67.6 Å². The van der Waals surface area contributed by atoms with Gasteiger partial charge in [-0.25, -0.2) is 9.29 Å². The number of anilines is 1. The van der Waals surface area contributed by atoms with Crippen LogP contribution < -0.4 is 9.64 Å². The van der Waals surface area contributed by atoms with Gasteiger partial charge < -0.3 is 9.64 Å². The van der Waals surface area contributed by atoms with Crippen molar-refractivity contribution < 1.29 is 18.7 Å². The highest BCUT2D eigenvalue weighted by molar-refractivity contribution is 6.45. The Morgan fingerprint density at radius 3 is 2.37 bits per heavy atom. The van der Waals surface area contributed by atoms with E-state index in [0.29, 0.717) is 40.8 Å². The zero-order chi connectivity index (χ0) is 21.3. The van der Waals surface area contributed by atoms with Crippen LogP contribution in [-0.4, -0.2) is 36.4 Å². The highest BCUT2D eigenvalue weighted by atomic mass is 19.1. The number of rotatable bonds is 5. The number of imide groups is 1. The van der Waals surface area contributed by atoms with E-state index in [2.05, 4.69) is 6.92 Å². The number of likely N-dealkylation sites (tertiary alicyclic amines) is 1. The Balaban J connectivity index is 1.78. The summed E-state index contributed by atoms with van der Waals surface area (Å²) in [5.74, 6) is -0.00559. The fraction of sp³-hybridized carbons (Fsp3) is 0.333. The van der Waals surface area contributed by atoms with E-state index >= 15 is 0 Å². The molecule has 0 saturated carbocycles. The molecule has 156 valence electrons. The van der Waals surface area contributed by atoms with Gasteiger partial charge in [-0.15, -0.1) is 0 Å². The first-order chi connectivity index (χ1) is 14.5. The van der Waals surface area contributed by atoms with E-state index in [9.17, 15) is 14.0 Å². The predicted octanol–water partition coefficient (Wildman–Crippen LogP) is 4.24. The van der Waals surface area contributed by atoms with Gasteiger partial charge in [-0.2, -0.15) is 0 Å². The predicted molar refractivity (Wildman–Crippen MR) is 113 cm³/mol. The molecule has 5 nitrogen and oxygen atoms in total. The molecule has 2 aromatic carbocycles. The highest BCUT2D eigenvalue weighted by Crippen LogP contribution is 2.36. The Hall–Kier alpha value is -3.15. The maximum Gasteiger partial charge on any atom is 0.282 e. The monoisotopic (exact) mass is 408 g/mol. The fourth-order valence-electron chi connectivity index (χ4n) is 4.17. The molecule has 2 aliphatic heterocycles. The first-order valence-corrected chi connectivity index (χ1v) is 10.4. The quantitative estimate of drug-likeness (QED) is 0.695. The largest absolute Gasteiger partial charge is 0.494 e. The Morgan fingerprint density at radius 1 is 1.03 bits per heavy atom. The molecule has 2 heterocycles. The molecule has 1 saturated heterocycles. The third-order valence-electron chi connectivity index (χ3n) is 5.57. The highest BCUT2D eigenvalue weighted by Gasteiger charge is 2.43. The van der Waals surface area contributed by atoms with Gasteiger partial charge in [0.25, 0.3) is 11.8 Å². The molecule has 2 aromatic rings. The van der Waals surface area contributed by atoms with Crippen LogP contribution in [0.1, 0.15) is 32.3 Å². The van der Waals surface area contributed by atoms with Gasteiger partial charge in [0.1, 0.15) is 17.3 Å². The molecule has 0 spiro atoms. The van der Waals surface area contributed by atoms with Gasteiger partial charge in [-0.1, -0.05) is 19.1 Å². The summed E-state index contributed by atoms with van der Waals surface area (Å²) in [5, 5.41) is 0. The number of hydrogen-bond donors (Lipinski definition) is 0. The van der Waals surface area contributed by atoms with Crippen LogP contribution in [0.3, 0.4) is 0 Å². The molecule has 0 bridgehead atoms. The van der Waals surface area contributed by atoms with Crippen LogP contribution in [0, 0.1) is 11.7 Å². The number of piperidine rings is 1. The van der Waals surface area contributed by atoms with Crippen molar-refractivity contribution in [3.63, 3.8) is 0 Å². The smallest absolute Gasteiger partial charge is 0.282 e. The average molecular weight is 408 g/mol. The molecular weight excluding hydrogens is 383 g/mol. The minimum atomic E-state index is -0.414. The Labute approximate surface area is 175 Å². The normalized spacial score (nSPS) is 19.6. The van der Waals surface area contributed by atoms with Crippen molar-refractivity contribution in [2.24, 2.45) is 5.92 Å². The Morgan fingerprint density at radius 2 is 1.73 bits per heavy atom. The van der Waals surface area contributed by atoms with Crippen LogP contribution in [0.15, 0.2) is 54.2 Å². The van der Waals surface area contributed by atoms with Crippen molar-refractivity contribution in [1.29, 1.82) is 0 Å². The van der Waals surface area contributed by atoms with Gasteiger partial charge in [0.2, 0.25) is 0 Å². The van der Waals surface area contributed by atoms with Crippen LogP contribution in [0.4, 0.5) is 10.1 Å². The molecule has 6 heteroatoms. The van der Waals surface area contributed by atoms with Crippen molar-refractivity contribution in [3.8, 4) is 5.75 Å². The van der Waals surface area contributed by atoms with E-state index in [4.69, 9.17) is 4.74 Å². The van der Waals surface area contributed by atoms with Crippen molar-refractivity contribution in [2.75, 3.05) is 24.6 Å². The minimum absolute atomic E-state index is 0.357. The first-order valence-electron chi connectivity index (χ1n) is 10.4. The van der Waals surface area contributed by atoms with E-state index in [1.807, 2.05) is 24.0 Å². The topological polar surface area (TPSA) is 49.9 Å². The SMILES string of the molecule is CCOc1ccc(C2=C(N3CCCC(C)C3)C(=O)N(c3ccc(F)cc3)C2=O)cc1. The zero-order valence-electron chi connectivity index (χ0n) is 17.2. The van der Waals surface area contributed by atoms with Gasteiger partial charge in [0, 0.05) is 13.1 Å². The van der Waals surface area contributed by atoms with Gasteiger partial charge in [0.05, 0.1) is 17.9 Å². The van der Waals surface area contributed by atoms with Crippen LogP contribution in [0.2, 0.25) is 0 Å². The van der Waals surface area contributed by atoms with Crippen LogP contribution in [0.5, 0.6) is 5.75 Å². The van der Waals surface area contributed by atoms with Gasteiger partial charge in [0.15, 0.2) is 0 Å². The number of hydrogen-bond acceptors (Lipinski definition) is 4. The summed E-state index contributed by atoms with van der Waals surface area (Å²) < 4.78 is 18.9. The zero-order valence-corrected chi connectivity index (χ0v) is 17.2. The molecule has 0 aromatic heterocycles. The summed E-state index contributed by atoms with van der Waals surface area (Å²) in [6.07, 6.45) is 2.07. The van der Waals surface area contributed by atoms with Crippen molar-refractivity contribution in [3.05, 3.63) is 65.6 Å². The standard InChI is InChI=1S/C24H25FN2O3/c1-3-30-20-12-6-17(7-13-20)21-22(26-14-4-5-16(2)15-26)24(29)27(23(21)28)19-10-8-18(25)9-11-19/h6-13,16H,3-5,14-15H2,1-2H3. The molecular formula is C24H25FN2O3. The number of carbonyl (C=O) groups is 2. The van der Waals surface area contributed by atoms with Gasteiger partial charge >= 0.3 is 0 Å². The lowest BCUT2D eigenvalue weighted by molar-refractivity contribution is -0.120. The molecule has 0 radical (unpaired) electrons. The number of halogens is 1. The van der Waals surface area contributed by atoms with Crippen LogP contribution in [0.25, 0.3) is 5.57 Å². The van der Waals surface area contributed by atoms with E-state index in [1.54, 1.807) is 12.1 Å². The van der Waals surface area contributed by atoms with E-state index in [1.165, 1.54) is 24.3 Å². The summed E-state index contributed by atoms with van der Waals surface area (Å²) in [7, 11) is 0. The second-order valence-corrected chi connectivity index (χ2v) is 7.80. The summed E-state index contributed by atoms with van der Waals surface area (Å²) in [5.41, 5.74) is 1.87. The molecule has 4 rings (SSSR count). The number of ether oxygens (including phenoxy) is 1. The Bertz CT molecular complexity index is 983. The molecule has 1 atom stereocenters. The van der Waals surface area contributed by atoms with Crippen molar-refractivity contribution in [1.82, 2.24) is 4.90 Å². The molecule has 2 aliphatic rings. The summed E-state index contributed by atoms with van der Waals surface area (Å²) in [6.45, 7) is 6.07. The molecule has 1 unspecified atom stereocenters. The lowest BCUT2D eigenvalue weighted by Crippen LogP contribution is -2.39. The van der Waals surface area contributed by atoms with E-state index in [0.717, 1.165) is 30.8 Å². The summed E-state index contributed by atoms with van der Waals surface area (Å²) in [4.78, 5) is 30.1. The maximum absolute atomic E-state index is 13.4. The number of carbonyl (C=O) groups excluding carboxylic acids is 2. The Kier molecular flexibility index (Phi) is 5.57. The van der Waals surface area contributed by atoms with Crippen LogP contribution >= 0.6 is 0 Å². The average Bonchev–Trinajstić information content (AvgIpc) is 3.00. The molecule has 2 amide bonds. The number of amides is 2. The molecule has 0 aliphatic carbocycles. The first kappa shape index (κ1) is 20.1. The van der Waals surface area contributed by atoms with Crippen molar-refractivity contribution >= 4 is 23.1 Å². The van der Waals surface area contributed by atoms with E-state index < -0.39 is 5.82 Å². The molecule has 30 heavy (non-hydrogen) atoms. The molecule has 1 fully saturated rings. The third-order valence-corrected chi connectivity index (χ3v) is 5.57. The number of nitrogens with zero attached hydrogens (tertiary/aromatic N) is 2. The lowest BCUT2D eigenvalue weighted by atomic mass is 9.97. The van der Waals surface area contributed by atoms with E-state index in [-0.39, 0.29) is 11.8 Å². The van der Waals surface area contributed by atoms with Crippen LogP contribution in [-0.2, 0) is 9.59 Å². The lowest BCUT2D eigenvalue weighted by Gasteiger charge is -2.33. The second-order valence-electron chi connectivity index (χ2n) is 7.80. The fourth-order valence-corrected chi connectivity index (χ4v) is 4.17. The minimum Gasteiger partial charge on any atom is -0.494 e. The summed E-state index contributed by atoms with van der Waals surface area (Å²) >= 11 is 0. The third kappa shape index (κ3) is 3.70. The maximum atomic E-state index is 13.4. The second kappa shape index (κ2) is 8.30. The van der Waals surface area contributed by atoms with Gasteiger partial charge in [-0.3, -0.25) is 9.59 Å². The molecule has 0 N–H and O–H groups in total. The van der Waals surface area contributed by atoms with Crippen molar-refractivity contribution in [2.45, 2.75) is 26.7 Å².